The first-order chi connectivity index (χ1) is 13.1. The molecule has 3 aromatic rings. The largest absolute Gasteiger partial charge is 0.336 e. The lowest BCUT2D eigenvalue weighted by Gasteiger charge is -2.29. The van der Waals surface area contributed by atoms with E-state index in [4.69, 9.17) is 11.6 Å². The van der Waals surface area contributed by atoms with Crippen molar-refractivity contribution in [2.75, 3.05) is 7.05 Å². The summed E-state index contributed by atoms with van der Waals surface area (Å²) >= 11 is 6.05. The van der Waals surface area contributed by atoms with Gasteiger partial charge in [0.1, 0.15) is 5.54 Å². The number of fused-ring (bicyclic) bond motifs is 2. The molecule has 1 nitrogen and oxygen atoms in total. The zero-order chi connectivity index (χ0) is 18.9. The van der Waals surface area contributed by atoms with E-state index in [0.29, 0.717) is 5.92 Å². The van der Waals surface area contributed by atoms with E-state index in [1.54, 1.807) is 0 Å². The van der Waals surface area contributed by atoms with Gasteiger partial charge in [-0.25, -0.2) is 0 Å². The maximum atomic E-state index is 6.05. The average molecular weight is 377 g/mol. The number of rotatable bonds is 4. The van der Waals surface area contributed by atoms with Crippen molar-refractivity contribution in [1.29, 1.82) is 0 Å². The summed E-state index contributed by atoms with van der Waals surface area (Å²) in [5.41, 5.74) is 7.22. The number of hydrogen-bond donors (Lipinski definition) is 1. The second-order valence-corrected chi connectivity index (χ2v) is 8.24. The van der Waals surface area contributed by atoms with Gasteiger partial charge < -0.3 is 5.32 Å². The summed E-state index contributed by atoms with van der Waals surface area (Å²) in [6.07, 6.45) is 3.32. The highest BCUT2D eigenvalue weighted by Gasteiger charge is 2.39. The fourth-order valence-corrected chi connectivity index (χ4v) is 4.74. The van der Waals surface area contributed by atoms with Crippen LogP contribution in [0, 0.1) is 0 Å². The van der Waals surface area contributed by atoms with E-state index in [2.05, 4.69) is 80.0 Å². The molecule has 0 aliphatic heterocycles. The summed E-state index contributed by atoms with van der Waals surface area (Å²) in [5, 5.41) is 3.17. The van der Waals surface area contributed by atoms with Gasteiger partial charge in [-0.15, -0.1) is 0 Å². The van der Waals surface area contributed by atoms with Gasteiger partial charge in [0.2, 0.25) is 0 Å². The third-order valence-corrected chi connectivity index (χ3v) is 6.53. The van der Waals surface area contributed by atoms with Crippen LogP contribution in [0.1, 0.15) is 47.1 Å². The van der Waals surface area contributed by atoms with Gasteiger partial charge in [-0.3, -0.25) is 0 Å². The monoisotopic (exact) mass is 376 g/mol. The van der Waals surface area contributed by atoms with Crippen molar-refractivity contribution in [2.24, 2.45) is 0 Å². The fourth-order valence-electron chi connectivity index (χ4n) is 4.61. The molecule has 0 fully saturated rings. The van der Waals surface area contributed by atoms with Crippen molar-refractivity contribution in [3.63, 3.8) is 0 Å². The zero-order valence-electron chi connectivity index (χ0n) is 16.1. The van der Waals surface area contributed by atoms with Crippen molar-refractivity contribution >= 4 is 11.6 Å². The van der Waals surface area contributed by atoms with Crippen LogP contribution in [0.4, 0.5) is 0 Å². The number of quaternary nitrogens is 1. The van der Waals surface area contributed by atoms with Crippen molar-refractivity contribution in [3.8, 4) is 0 Å². The van der Waals surface area contributed by atoms with Gasteiger partial charge in [0.15, 0.2) is 0 Å². The topological polar surface area (TPSA) is 16.6 Å². The summed E-state index contributed by atoms with van der Waals surface area (Å²) in [4.78, 5) is 0. The van der Waals surface area contributed by atoms with Crippen LogP contribution < -0.4 is 5.32 Å². The Hall–Kier alpha value is -2.09. The van der Waals surface area contributed by atoms with Gasteiger partial charge in [-0.2, -0.15) is 0 Å². The molecule has 0 radical (unpaired) electrons. The zero-order valence-corrected chi connectivity index (χ0v) is 16.8. The van der Waals surface area contributed by atoms with E-state index < -0.39 is 0 Å². The summed E-state index contributed by atoms with van der Waals surface area (Å²) in [5.74, 6) is 0.528. The smallest absolute Gasteiger partial charge is 0.145 e. The van der Waals surface area contributed by atoms with Crippen LogP contribution in [0.15, 0.2) is 72.8 Å². The minimum atomic E-state index is -0.0395. The van der Waals surface area contributed by atoms with Gasteiger partial charge in [0, 0.05) is 16.1 Å². The Morgan fingerprint density at radius 2 is 1.59 bits per heavy atom. The van der Waals surface area contributed by atoms with E-state index >= 15 is 0 Å². The molecule has 0 bridgehead atoms. The lowest BCUT2D eigenvalue weighted by Crippen LogP contribution is -2.91. The third kappa shape index (κ3) is 3.42. The molecule has 0 saturated carbocycles. The quantitative estimate of drug-likeness (QED) is 0.654. The summed E-state index contributed by atoms with van der Waals surface area (Å²) in [6, 6.07) is 26.3. The van der Waals surface area contributed by atoms with Gasteiger partial charge in [-0.05, 0) is 60.9 Å². The Kier molecular flexibility index (Phi) is 5.08. The molecule has 0 aromatic heterocycles. The van der Waals surface area contributed by atoms with Crippen molar-refractivity contribution in [1.82, 2.24) is 0 Å². The lowest BCUT2D eigenvalue weighted by molar-refractivity contribution is -0.698. The Bertz CT molecular complexity index is 931. The van der Waals surface area contributed by atoms with E-state index in [-0.39, 0.29) is 5.54 Å². The molecule has 1 aliphatic rings. The predicted molar refractivity (Wildman–Crippen MR) is 113 cm³/mol. The van der Waals surface area contributed by atoms with Crippen LogP contribution in [0.5, 0.6) is 0 Å². The molecular weight excluding hydrogens is 350 g/mol. The number of halogens is 1. The van der Waals surface area contributed by atoms with Crippen molar-refractivity contribution in [2.45, 2.75) is 37.6 Å². The highest BCUT2D eigenvalue weighted by Crippen LogP contribution is 2.41. The Morgan fingerprint density at radius 3 is 2.33 bits per heavy atom. The summed E-state index contributed by atoms with van der Waals surface area (Å²) in [6.45, 7) is 2.37. The Morgan fingerprint density at radius 1 is 0.926 bits per heavy atom. The fraction of sp³-hybridized carbons (Fsp3) is 0.280. The molecule has 0 amide bonds. The number of hydrogen-bond acceptors (Lipinski definition) is 0. The maximum Gasteiger partial charge on any atom is 0.145 e. The molecule has 2 atom stereocenters. The van der Waals surface area contributed by atoms with E-state index in [9.17, 15) is 0 Å². The maximum absolute atomic E-state index is 6.05. The highest BCUT2D eigenvalue weighted by molar-refractivity contribution is 6.30. The molecular formula is C25H27ClN+. The van der Waals surface area contributed by atoms with E-state index in [1.165, 1.54) is 27.8 Å². The van der Waals surface area contributed by atoms with Crippen LogP contribution in [-0.2, 0) is 18.4 Å². The molecule has 0 spiro atoms. The molecule has 2 heteroatoms. The Labute approximate surface area is 167 Å². The highest BCUT2D eigenvalue weighted by atomic mass is 35.5. The van der Waals surface area contributed by atoms with Crippen LogP contribution in [0.2, 0.25) is 5.02 Å². The minimum absolute atomic E-state index is 0.0395. The predicted octanol–water partition coefficient (Wildman–Crippen LogP) is 5.07. The second-order valence-electron chi connectivity index (χ2n) is 7.80. The first-order valence-corrected chi connectivity index (χ1v) is 10.2. The SMILES string of the molecule is C[NH2+]C1(C)c2ccccc2CC(CCc2ccc(Cl)cc2)c2ccccc21. The number of nitrogens with two attached hydrogens (primary N) is 1. The molecule has 138 valence electrons. The van der Waals surface area contributed by atoms with Gasteiger partial charge in [0.25, 0.3) is 0 Å². The van der Waals surface area contributed by atoms with Crippen LogP contribution >= 0.6 is 11.6 Å². The minimum Gasteiger partial charge on any atom is -0.336 e. The summed E-state index contributed by atoms with van der Waals surface area (Å²) in [7, 11) is 2.20. The summed E-state index contributed by atoms with van der Waals surface area (Å²) < 4.78 is 0. The first-order valence-electron chi connectivity index (χ1n) is 9.84. The normalized spacial score (nSPS) is 21.2. The molecule has 1 aliphatic carbocycles. The standard InChI is InChI=1S/C25H26ClN/c1-25(27-2)23-9-5-3-7-20(23)17-19(22-8-4-6-10-24(22)25)14-11-18-12-15-21(26)16-13-18/h3-10,12-13,15-16,19,27H,11,14,17H2,1-2H3/p+1. The van der Waals surface area contributed by atoms with Gasteiger partial charge in [-0.1, -0.05) is 72.3 Å². The molecule has 3 aromatic carbocycles. The molecule has 2 unspecified atom stereocenters. The average Bonchev–Trinajstić information content (AvgIpc) is 2.82. The Balaban J connectivity index is 1.74. The van der Waals surface area contributed by atoms with Gasteiger partial charge in [0.05, 0.1) is 7.05 Å². The van der Waals surface area contributed by atoms with Crippen LogP contribution in [0.3, 0.4) is 0 Å². The van der Waals surface area contributed by atoms with Crippen molar-refractivity contribution in [3.05, 3.63) is 106 Å². The molecule has 0 saturated heterocycles. The molecule has 0 heterocycles. The number of benzene rings is 3. The van der Waals surface area contributed by atoms with E-state index in [1.807, 2.05) is 12.1 Å². The molecule has 4 rings (SSSR count). The lowest BCUT2D eigenvalue weighted by atomic mass is 9.81. The van der Waals surface area contributed by atoms with Crippen LogP contribution in [-0.4, -0.2) is 7.05 Å². The number of aryl methyl sites for hydroxylation is 1. The molecule has 27 heavy (non-hydrogen) atoms. The van der Waals surface area contributed by atoms with Gasteiger partial charge >= 0.3 is 0 Å². The second kappa shape index (κ2) is 7.50. The van der Waals surface area contributed by atoms with Crippen LogP contribution in [0.25, 0.3) is 0 Å². The molecule has 2 N–H and O–H groups in total. The van der Waals surface area contributed by atoms with Crippen molar-refractivity contribution < 1.29 is 5.32 Å². The first kappa shape index (κ1) is 18.3. The van der Waals surface area contributed by atoms with E-state index in [0.717, 1.165) is 24.3 Å². The third-order valence-electron chi connectivity index (χ3n) is 6.28.